The highest BCUT2D eigenvalue weighted by atomic mass is 16.2. The molecule has 2 N–H and O–H groups in total. The first-order valence-electron chi connectivity index (χ1n) is 5.12. The smallest absolute Gasteiger partial charge is 0.242 e. The van der Waals surface area contributed by atoms with E-state index in [4.69, 9.17) is 5.73 Å². The maximum atomic E-state index is 11.6. The molecule has 0 saturated heterocycles. The van der Waals surface area contributed by atoms with Crippen LogP contribution in [0.2, 0.25) is 0 Å². The van der Waals surface area contributed by atoms with E-state index in [-0.39, 0.29) is 5.91 Å². The third-order valence-corrected chi connectivity index (χ3v) is 2.31. The number of rotatable bonds is 5. The zero-order valence-corrected chi connectivity index (χ0v) is 9.31. The fraction of sp³-hybridized carbons (Fsp3) is 0.600. The van der Waals surface area contributed by atoms with Crippen molar-refractivity contribution in [3.63, 3.8) is 0 Å². The molecule has 1 rings (SSSR count). The summed E-state index contributed by atoms with van der Waals surface area (Å²) in [5.41, 5.74) is 6.35. The molecule has 0 saturated carbocycles. The summed E-state index contributed by atoms with van der Waals surface area (Å²) in [6.07, 6.45) is 4.30. The van der Waals surface area contributed by atoms with E-state index < -0.39 is 0 Å². The number of hydrogen-bond donors (Lipinski definition) is 1. The van der Waals surface area contributed by atoms with Gasteiger partial charge in [-0.15, -0.1) is 0 Å². The normalized spacial score (nSPS) is 10.3. The highest BCUT2D eigenvalue weighted by Gasteiger charge is 2.07. The molecule has 0 aromatic carbocycles. The molecule has 1 heterocycles. The first-order chi connectivity index (χ1) is 7.17. The van der Waals surface area contributed by atoms with Crippen molar-refractivity contribution >= 4 is 5.91 Å². The van der Waals surface area contributed by atoms with Crippen LogP contribution in [0.3, 0.4) is 0 Å². The highest BCUT2D eigenvalue weighted by Crippen LogP contribution is 1.98. The number of carbonyl (C=O) groups is 1. The van der Waals surface area contributed by atoms with Gasteiger partial charge in [-0.25, -0.2) is 4.98 Å². The lowest BCUT2D eigenvalue weighted by Gasteiger charge is -2.14. The van der Waals surface area contributed by atoms with Crippen LogP contribution in [0.1, 0.15) is 12.6 Å². The third kappa shape index (κ3) is 3.36. The van der Waals surface area contributed by atoms with E-state index in [1.165, 1.54) is 0 Å². The van der Waals surface area contributed by atoms with E-state index in [1.807, 2.05) is 13.1 Å². The van der Waals surface area contributed by atoms with Gasteiger partial charge in [0.25, 0.3) is 0 Å². The van der Waals surface area contributed by atoms with Crippen molar-refractivity contribution in [2.45, 2.75) is 19.9 Å². The minimum absolute atomic E-state index is 0.0919. The van der Waals surface area contributed by atoms with Crippen LogP contribution in [0.25, 0.3) is 0 Å². The molecule has 0 atom stereocenters. The van der Waals surface area contributed by atoms with E-state index in [0.29, 0.717) is 13.1 Å². The molecule has 0 bridgehead atoms. The van der Waals surface area contributed by atoms with Crippen molar-refractivity contribution in [1.82, 2.24) is 14.5 Å². The molecular weight excluding hydrogens is 192 g/mol. The predicted molar refractivity (Wildman–Crippen MR) is 58.3 cm³/mol. The topological polar surface area (TPSA) is 64.2 Å². The first kappa shape index (κ1) is 11.7. The molecule has 1 aromatic heterocycles. The summed E-state index contributed by atoms with van der Waals surface area (Å²) >= 11 is 0. The van der Waals surface area contributed by atoms with E-state index in [1.54, 1.807) is 22.8 Å². The Labute approximate surface area is 89.9 Å². The molecule has 0 aliphatic heterocycles. The molecule has 1 aromatic rings. The molecule has 0 fully saturated rings. The lowest BCUT2D eigenvalue weighted by atomic mass is 10.3. The number of likely N-dealkylation sites (N-methyl/N-ethyl adjacent to an activating group) is 1. The van der Waals surface area contributed by atoms with Crippen LogP contribution in [-0.4, -0.2) is 40.5 Å². The second kappa shape index (κ2) is 5.50. The molecular formula is C10H18N4O. The van der Waals surface area contributed by atoms with E-state index in [2.05, 4.69) is 4.98 Å². The lowest BCUT2D eigenvalue weighted by molar-refractivity contribution is -0.130. The van der Waals surface area contributed by atoms with E-state index in [0.717, 1.165) is 18.7 Å². The van der Waals surface area contributed by atoms with Crippen LogP contribution < -0.4 is 5.73 Å². The molecule has 0 radical (unpaired) electrons. The van der Waals surface area contributed by atoms with Crippen LogP contribution in [0, 0.1) is 0 Å². The van der Waals surface area contributed by atoms with Gasteiger partial charge in [0.05, 0.1) is 12.0 Å². The third-order valence-electron chi connectivity index (χ3n) is 2.31. The van der Waals surface area contributed by atoms with Crippen LogP contribution >= 0.6 is 0 Å². The SMILES string of the molecule is CCN(C)C(=O)Cn1cnc(CCN)c1. The summed E-state index contributed by atoms with van der Waals surface area (Å²) in [7, 11) is 1.79. The van der Waals surface area contributed by atoms with Crippen molar-refractivity contribution in [3.8, 4) is 0 Å². The van der Waals surface area contributed by atoms with Crippen LogP contribution in [-0.2, 0) is 17.8 Å². The summed E-state index contributed by atoms with van der Waals surface area (Å²) in [4.78, 5) is 17.4. The van der Waals surface area contributed by atoms with E-state index >= 15 is 0 Å². The van der Waals surface area contributed by atoms with Gasteiger partial charge in [-0.2, -0.15) is 0 Å². The Kier molecular flexibility index (Phi) is 4.30. The summed E-state index contributed by atoms with van der Waals surface area (Å²) < 4.78 is 1.79. The highest BCUT2D eigenvalue weighted by molar-refractivity contribution is 5.75. The van der Waals surface area contributed by atoms with Crippen molar-refractivity contribution < 1.29 is 4.79 Å². The van der Waals surface area contributed by atoms with Gasteiger partial charge >= 0.3 is 0 Å². The lowest BCUT2D eigenvalue weighted by Crippen LogP contribution is -2.29. The summed E-state index contributed by atoms with van der Waals surface area (Å²) in [5, 5.41) is 0. The van der Waals surface area contributed by atoms with Gasteiger partial charge in [-0.1, -0.05) is 0 Å². The molecule has 0 aliphatic carbocycles. The Morgan fingerprint density at radius 2 is 2.40 bits per heavy atom. The van der Waals surface area contributed by atoms with Crippen LogP contribution in [0.15, 0.2) is 12.5 Å². The Bertz CT molecular complexity index is 321. The molecule has 5 nitrogen and oxygen atoms in total. The van der Waals surface area contributed by atoms with Crippen molar-refractivity contribution in [2.75, 3.05) is 20.1 Å². The number of imidazole rings is 1. The molecule has 1 amide bonds. The first-order valence-corrected chi connectivity index (χ1v) is 5.12. The molecule has 5 heteroatoms. The zero-order valence-electron chi connectivity index (χ0n) is 9.31. The van der Waals surface area contributed by atoms with Gasteiger partial charge in [0.1, 0.15) is 6.54 Å². The summed E-state index contributed by atoms with van der Waals surface area (Å²) in [5.74, 6) is 0.0919. The minimum Gasteiger partial charge on any atom is -0.344 e. The predicted octanol–water partition coefficient (Wildman–Crippen LogP) is -0.137. The van der Waals surface area contributed by atoms with Crippen molar-refractivity contribution in [1.29, 1.82) is 0 Å². The molecule has 15 heavy (non-hydrogen) atoms. The standard InChI is InChI=1S/C10H18N4O/c1-3-13(2)10(15)7-14-6-9(4-5-11)12-8-14/h6,8H,3-5,7,11H2,1-2H3. The van der Waals surface area contributed by atoms with E-state index in [9.17, 15) is 4.79 Å². The average molecular weight is 210 g/mol. The second-order valence-electron chi connectivity index (χ2n) is 3.48. The Balaban J connectivity index is 2.53. The maximum Gasteiger partial charge on any atom is 0.242 e. The Morgan fingerprint density at radius 1 is 1.67 bits per heavy atom. The van der Waals surface area contributed by atoms with Gasteiger partial charge in [0.2, 0.25) is 5.91 Å². The number of hydrogen-bond acceptors (Lipinski definition) is 3. The molecule has 0 unspecified atom stereocenters. The fourth-order valence-corrected chi connectivity index (χ4v) is 1.22. The minimum atomic E-state index is 0.0919. The number of nitrogens with zero attached hydrogens (tertiary/aromatic N) is 3. The van der Waals surface area contributed by atoms with Gasteiger partial charge in [0.15, 0.2) is 0 Å². The van der Waals surface area contributed by atoms with Crippen molar-refractivity contribution in [2.24, 2.45) is 5.73 Å². The van der Waals surface area contributed by atoms with Gasteiger partial charge in [-0.3, -0.25) is 4.79 Å². The quantitative estimate of drug-likeness (QED) is 0.736. The van der Waals surface area contributed by atoms with Gasteiger partial charge in [0, 0.05) is 26.2 Å². The summed E-state index contributed by atoms with van der Waals surface area (Å²) in [6.45, 7) is 3.61. The number of nitrogens with two attached hydrogens (primary N) is 1. The average Bonchev–Trinajstić information content (AvgIpc) is 2.65. The number of amides is 1. The van der Waals surface area contributed by atoms with Gasteiger partial charge in [-0.05, 0) is 13.5 Å². The summed E-state index contributed by atoms with van der Waals surface area (Å²) in [6, 6.07) is 0. The van der Waals surface area contributed by atoms with Crippen LogP contribution in [0.5, 0.6) is 0 Å². The fourth-order valence-electron chi connectivity index (χ4n) is 1.22. The molecule has 0 spiro atoms. The maximum absolute atomic E-state index is 11.6. The zero-order chi connectivity index (χ0) is 11.3. The molecule has 0 aliphatic rings. The molecule has 84 valence electrons. The Morgan fingerprint density at radius 3 is 3.00 bits per heavy atom. The number of aromatic nitrogens is 2. The number of carbonyl (C=O) groups excluding carboxylic acids is 1. The second-order valence-corrected chi connectivity index (χ2v) is 3.48. The largest absolute Gasteiger partial charge is 0.344 e. The monoisotopic (exact) mass is 210 g/mol. The van der Waals surface area contributed by atoms with Crippen molar-refractivity contribution in [3.05, 3.63) is 18.2 Å². The Hall–Kier alpha value is -1.36. The van der Waals surface area contributed by atoms with Gasteiger partial charge < -0.3 is 15.2 Å². The van der Waals surface area contributed by atoms with Crippen LogP contribution in [0.4, 0.5) is 0 Å².